The number of anilines is 1. The zero-order valence-electron chi connectivity index (χ0n) is 11.6. The van der Waals surface area contributed by atoms with Crippen molar-refractivity contribution < 1.29 is 9.90 Å². The molecule has 0 saturated carbocycles. The van der Waals surface area contributed by atoms with Gasteiger partial charge in [0.2, 0.25) is 0 Å². The van der Waals surface area contributed by atoms with Gasteiger partial charge in [0.25, 0.3) is 5.91 Å². The Balaban J connectivity index is 1.94. The van der Waals surface area contributed by atoms with Crippen molar-refractivity contribution in [1.29, 1.82) is 0 Å². The number of aromatic hydroxyl groups is 1. The van der Waals surface area contributed by atoms with Gasteiger partial charge in [0, 0.05) is 16.6 Å². The standard InChI is InChI=1S/C18H15NO2/c1-12-11-14(9-10-17(12)20)18(21)19-16-8-4-6-13-5-2-3-7-15(13)16/h2-11,20H,1H3,(H,19,21). The Morgan fingerprint density at radius 2 is 1.76 bits per heavy atom. The zero-order valence-corrected chi connectivity index (χ0v) is 11.6. The van der Waals surface area contributed by atoms with Gasteiger partial charge in [-0.15, -0.1) is 0 Å². The fourth-order valence-corrected chi connectivity index (χ4v) is 2.33. The zero-order chi connectivity index (χ0) is 14.8. The van der Waals surface area contributed by atoms with E-state index in [4.69, 9.17) is 0 Å². The molecule has 0 unspecified atom stereocenters. The summed E-state index contributed by atoms with van der Waals surface area (Å²) in [5.41, 5.74) is 1.99. The first-order valence-electron chi connectivity index (χ1n) is 6.74. The maximum atomic E-state index is 12.3. The summed E-state index contributed by atoms with van der Waals surface area (Å²) in [4.78, 5) is 12.3. The minimum Gasteiger partial charge on any atom is -0.508 e. The van der Waals surface area contributed by atoms with Crippen molar-refractivity contribution in [2.45, 2.75) is 6.92 Å². The second-order valence-electron chi connectivity index (χ2n) is 4.98. The SMILES string of the molecule is Cc1cc(C(=O)Nc2cccc3ccccc23)ccc1O. The number of rotatable bonds is 2. The second-order valence-corrected chi connectivity index (χ2v) is 4.98. The molecular formula is C18H15NO2. The van der Waals surface area contributed by atoms with Crippen LogP contribution in [0, 0.1) is 6.92 Å². The quantitative estimate of drug-likeness (QED) is 0.740. The highest BCUT2D eigenvalue weighted by Crippen LogP contribution is 2.24. The number of fused-ring (bicyclic) bond motifs is 1. The van der Waals surface area contributed by atoms with E-state index in [0.29, 0.717) is 11.1 Å². The highest BCUT2D eigenvalue weighted by atomic mass is 16.3. The van der Waals surface area contributed by atoms with Crippen molar-refractivity contribution in [3.63, 3.8) is 0 Å². The van der Waals surface area contributed by atoms with Gasteiger partial charge in [-0.3, -0.25) is 4.79 Å². The number of amides is 1. The van der Waals surface area contributed by atoms with E-state index in [1.54, 1.807) is 19.1 Å². The van der Waals surface area contributed by atoms with Crippen molar-refractivity contribution in [3.8, 4) is 5.75 Å². The van der Waals surface area contributed by atoms with E-state index in [-0.39, 0.29) is 11.7 Å². The molecular weight excluding hydrogens is 262 g/mol. The summed E-state index contributed by atoms with van der Waals surface area (Å²) in [7, 11) is 0. The Labute approximate surface area is 122 Å². The normalized spacial score (nSPS) is 10.5. The molecule has 2 N–H and O–H groups in total. The van der Waals surface area contributed by atoms with Crippen LogP contribution in [0.2, 0.25) is 0 Å². The van der Waals surface area contributed by atoms with Crippen LogP contribution in [-0.2, 0) is 0 Å². The molecule has 0 fully saturated rings. The van der Waals surface area contributed by atoms with Crippen LogP contribution in [0.4, 0.5) is 5.69 Å². The van der Waals surface area contributed by atoms with Crippen LogP contribution in [0.25, 0.3) is 10.8 Å². The molecule has 0 aliphatic heterocycles. The number of phenolic OH excluding ortho intramolecular Hbond substituents is 1. The molecule has 104 valence electrons. The Morgan fingerprint density at radius 1 is 1.00 bits per heavy atom. The van der Waals surface area contributed by atoms with Crippen LogP contribution >= 0.6 is 0 Å². The molecule has 21 heavy (non-hydrogen) atoms. The monoisotopic (exact) mass is 277 g/mol. The maximum Gasteiger partial charge on any atom is 0.255 e. The molecule has 0 radical (unpaired) electrons. The predicted octanol–water partition coefficient (Wildman–Crippen LogP) is 4.11. The largest absolute Gasteiger partial charge is 0.508 e. The van der Waals surface area contributed by atoms with Crippen molar-refractivity contribution in [3.05, 3.63) is 71.8 Å². The predicted molar refractivity (Wildman–Crippen MR) is 84.7 cm³/mol. The lowest BCUT2D eigenvalue weighted by Crippen LogP contribution is -2.12. The minimum atomic E-state index is -0.186. The summed E-state index contributed by atoms with van der Waals surface area (Å²) in [5, 5.41) is 14.5. The molecule has 0 saturated heterocycles. The molecule has 0 heterocycles. The molecule has 0 bridgehead atoms. The summed E-state index contributed by atoms with van der Waals surface area (Å²) in [5.74, 6) is 0.00571. The summed E-state index contributed by atoms with van der Waals surface area (Å²) >= 11 is 0. The number of hydrogen-bond acceptors (Lipinski definition) is 2. The maximum absolute atomic E-state index is 12.3. The Morgan fingerprint density at radius 3 is 2.57 bits per heavy atom. The van der Waals surface area contributed by atoms with Crippen molar-refractivity contribution in [2.75, 3.05) is 5.32 Å². The van der Waals surface area contributed by atoms with E-state index in [1.165, 1.54) is 6.07 Å². The number of nitrogens with one attached hydrogen (secondary N) is 1. The van der Waals surface area contributed by atoms with Gasteiger partial charge < -0.3 is 10.4 Å². The summed E-state index contributed by atoms with van der Waals surface area (Å²) < 4.78 is 0. The van der Waals surface area contributed by atoms with Crippen LogP contribution in [0.1, 0.15) is 15.9 Å². The third kappa shape index (κ3) is 2.58. The lowest BCUT2D eigenvalue weighted by molar-refractivity contribution is 0.102. The highest BCUT2D eigenvalue weighted by molar-refractivity contribution is 6.09. The molecule has 3 rings (SSSR count). The summed E-state index contributed by atoms with van der Waals surface area (Å²) in [6.07, 6.45) is 0. The van der Waals surface area contributed by atoms with Crippen LogP contribution in [-0.4, -0.2) is 11.0 Å². The smallest absolute Gasteiger partial charge is 0.255 e. The number of benzene rings is 3. The van der Waals surface area contributed by atoms with Gasteiger partial charge in [-0.2, -0.15) is 0 Å². The van der Waals surface area contributed by atoms with Gasteiger partial charge in [0.15, 0.2) is 0 Å². The number of carbonyl (C=O) groups excluding carboxylic acids is 1. The number of hydrogen-bond donors (Lipinski definition) is 2. The first-order valence-corrected chi connectivity index (χ1v) is 6.74. The molecule has 0 aliphatic carbocycles. The fourth-order valence-electron chi connectivity index (χ4n) is 2.33. The van der Waals surface area contributed by atoms with Crippen LogP contribution in [0.15, 0.2) is 60.7 Å². The van der Waals surface area contributed by atoms with E-state index in [1.807, 2.05) is 42.5 Å². The van der Waals surface area contributed by atoms with Crippen LogP contribution in [0.5, 0.6) is 5.75 Å². The summed E-state index contributed by atoms with van der Waals surface area (Å²) in [6.45, 7) is 1.77. The third-order valence-corrected chi connectivity index (χ3v) is 3.50. The van der Waals surface area contributed by atoms with Gasteiger partial charge >= 0.3 is 0 Å². The third-order valence-electron chi connectivity index (χ3n) is 3.50. The molecule has 3 aromatic carbocycles. The van der Waals surface area contributed by atoms with E-state index >= 15 is 0 Å². The van der Waals surface area contributed by atoms with Crippen LogP contribution < -0.4 is 5.32 Å². The van der Waals surface area contributed by atoms with E-state index in [0.717, 1.165) is 16.5 Å². The lowest BCUT2D eigenvalue weighted by Gasteiger charge is -2.09. The molecule has 3 nitrogen and oxygen atoms in total. The van der Waals surface area contributed by atoms with Crippen LogP contribution in [0.3, 0.4) is 0 Å². The van der Waals surface area contributed by atoms with Crippen molar-refractivity contribution in [1.82, 2.24) is 0 Å². The van der Waals surface area contributed by atoms with Crippen molar-refractivity contribution in [2.24, 2.45) is 0 Å². The van der Waals surface area contributed by atoms with Crippen molar-refractivity contribution >= 4 is 22.4 Å². The van der Waals surface area contributed by atoms with Gasteiger partial charge in [-0.1, -0.05) is 36.4 Å². The number of phenols is 1. The molecule has 3 heteroatoms. The summed E-state index contributed by atoms with van der Waals surface area (Å²) in [6, 6.07) is 18.5. The molecule has 0 aromatic heterocycles. The van der Waals surface area contributed by atoms with E-state index in [9.17, 15) is 9.90 Å². The lowest BCUT2D eigenvalue weighted by atomic mass is 10.1. The Kier molecular flexibility index (Phi) is 3.32. The van der Waals surface area contributed by atoms with E-state index < -0.39 is 0 Å². The highest BCUT2D eigenvalue weighted by Gasteiger charge is 2.09. The average molecular weight is 277 g/mol. The minimum absolute atomic E-state index is 0.186. The van der Waals surface area contributed by atoms with Gasteiger partial charge in [-0.25, -0.2) is 0 Å². The average Bonchev–Trinajstić information content (AvgIpc) is 2.50. The second kappa shape index (κ2) is 5.29. The molecule has 0 aliphatic rings. The number of carbonyl (C=O) groups is 1. The molecule has 3 aromatic rings. The van der Waals surface area contributed by atoms with Gasteiger partial charge in [0.1, 0.15) is 5.75 Å². The topological polar surface area (TPSA) is 49.3 Å². The molecule has 0 atom stereocenters. The number of aryl methyl sites for hydroxylation is 1. The molecule has 0 spiro atoms. The van der Waals surface area contributed by atoms with E-state index in [2.05, 4.69) is 5.32 Å². The van der Waals surface area contributed by atoms with Gasteiger partial charge in [-0.05, 0) is 42.1 Å². The van der Waals surface area contributed by atoms with Gasteiger partial charge in [0.05, 0.1) is 0 Å². The first kappa shape index (κ1) is 13.2. The first-order chi connectivity index (χ1) is 10.1. The Bertz CT molecular complexity index is 819. The Hall–Kier alpha value is -2.81. The fraction of sp³-hybridized carbons (Fsp3) is 0.0556. The molecule has 1 amide bonds.